The van der Waals surface area contributed by atoms with Crippen LogP contribution < -0.4 is 5.32 Å². The lowest BCUT2D eigenvalue weighted by molar-refractivity contribution is 0.125. The van der Waals surface area contributed by atoms with Crippen LogP contribution in [0.15, 0.2) is 36.9 Å². The molecule has 0 saturated heterocycles. The average molecular weight is 259 g/mol. The number of hydrogen-bond donors (Lipinski definition) is 1. The zero-order valence-corrected chi connectivity index (χ0v) is 11.9. The first-order chi connectivity index (χ1) is 9.29. The average Bonchev–Trinajstić information content (AvgIpc) is 3.26. The van der Waals surface area contributed by atoms with Gasteiger partial charge in [0, 0.05) is 12.6 Å². The molecule has 0 aliphatic heterocycles. The Morgan fingerprint density at radius 1 is 1.37 bits per heavy atom. The molecule has 0 radical (unpaired) electrons. The van der Waals surface area contributed by atoms with Crippen molar-refractivity contribution in [2.24, 2.45) is 0 Å². The molecule has 1 aliphatic carbocycles. The van der Waals surface area contributed by atoms with Gasteiger partial charge in [-0.3, -0.25) is 0 Å². The highest BCUT2D eigenvalue weighted by Crippen LogP contribution is 2.21. The van der Waals surface area contributed by atoms with Crippen LogP contribution >= 0.6 is 0 Å². The molecule has 2 heteroatoms. The van der Waals surface area contributed by atoms with Crippen LogP contribution in [-0.2, 0) is 11.3 Å². The highest BCUT2D eigenvalue weighted by atomic mass is 16.5. The van der Waals surface area contributed by atoms with Crippen molar-refractivity contribution in [1.82, 2.24) is 5.32 Å². The van der Waals surface area contributed by atoms with Crippen molar-refractivity contribution in [3.05, 3.63) is 48.0 Å². The van der Waals surface area contributed by atoms with Crippen molar-refractivity contribution >= 4 is 0 Å². The Labute approximate surface area is 116 Å². The fourth-order valence-electron chi connectivity index (χ4n) is 2.05. The van der Waals surface area contributed by atoms with Crippen LogP contribution in [0.25, 0.3) is 0 Å². The van der Waals surface area contributed by atoms with Gasteiger partial charge in [0.1, 0.15) is 0 Å². The highest BCUT2D eigenvalue weighted by molar-refractivity contribution is 5.25. The van der Waals surface area contributed by atoms with Crippen molar-refractivity contribution < 1.29 is 4.74 Å². The van der Waals surface area contributed by atoms with Crippen molar-refractivity contribution in [1.29, 1.82) is 0 Å². The van der Waals surface area contributed by atoms with E-state index in [1.165, 1.54) is 24.0 Å². The first kappa shape index (κ1) is 14.3. The van der Waals surface area contributed by atoms with E-state index >= 15 is 0 Å². The fourth-order valence-corrected chi connectivity index (χ4v) is 2.05. The van der Waals surface area contributed by atoms with Gasteiger partial charge in [0.25, 0.3) is 0 Å². The lowest BCUT2D eigenvalue weighted by Gasteiger charge is -2.13. The van der Waals surface area contributed by atoms with Crippen LogP contribution in [0, 0.1) is 0 Å². The van der Waals surface area contributed by atoms with Crippen LogP contribution in [0.3, 0.4) is 0 Å². The van der Waals surface area contributed by atoms with Crippen molar-refractivity contribution in [3.8, 4) is 0 Å². The monoisotopic (exact) mass is 259 g/mol. The predicted molar refractivity (Wildman–Crippen MR) is 80.4 cm³/mol. The minimum Gasteiger partial charge on any atom is -0.376 e. The van der Waals surface area contributed by atoms with Gasteiger partial charge < -0.3 is 10.1 Å². The first-order valence-corrected chi connectivity index (χ1v) is 7.30. The molecule has 1 aromatic carbocycles. The number of nitrogens with one attached hydrogen (secondary N) is 1. The maximum absolute atomic E-state index is 5.56. The molecule has 1 N–H and O–H groups in total. The molecular formula is C17H25NO. The van der Waals surface area contributed by atoms with Gasteiger partial charge in [-0.2, -0.15) is 0 Å². The van der Waals surface area contributed by atoms with E-state index in [0.29, 0.717) is 12.5 Å². The second-order valence-electron chi connectivity index (χ2n) is 5.46. The van der Waals surface area contributed by atoms with Gasteiger partial charge in [-0.25, -0.2) is 0 Å². The Hall–Kier alpha value is -1.12. The quantitative estimate of drug-likeness (QED) is 0.540. The number of hydrogen-bond acceptors (Lipinski definition) is 2. The van der Waals surface area contributed by atoms with Crippen LogP contribution in [0.2, 0.25) is 0 Å². The SMILES string of the molecule is C=CCCOCc1ccc(C(C)CNC2CC2)cc1. The highest BCUT2D eigenvalue weighted by Gasteiger charge is 2.21. The zero-order valence-electron chi connectivity index (χ0n) is 11.9. The lowest BCUT2D eigenvalue weighted by atomic mass is 10.00. The summed E-state index contributed by atoms with van der Waals surface area (Å²) < 4.78 is 5.56. The van der Waals surface area contributed by atoms with Gasteiger partial charge in [0.05, 0.1) is 13.2 Å². The zero-order chi connectivity index (χ0) is 13.5. The number of ether oxygens (including phenoxy) is 1. The third-order valence-electron chi connectivity index (χ3n) is 3.57. The first-order valence-electron chi connectivity index (χ1n) is 7.30. The van der Waals surface area contributed by atoms with Gasteiger partial charge >= 0.3 is 0 Å². The minimum absolute atomic E-state index is 0.580. The molecule has 2 rings (SSSR count). The smallest absolute Gasteiger partial charge is 0.0717 e. The van der Waals surface area contributed by atoms with E-state index < -0.39 is 0 Å². The summed E-state index contributed by atoms with van der Waals surface area (Å²) in [6.07, 6.45) is 5.51. The van der Waals surface area contributed by atoms with E-state index in [1.54, 1.807) is 0 Å². The van der Waals surface area contributed by atoms with E-state index in [-0.39, 0.29) is 0 Å². The summed E-state index contributed by atoms with van der Waals surface area (Å²) in [7, 11) is 0. The summed E-state index contributed by atoms with van der Waals surface area (Å²) in [6, 6.07) is 9.60. The largest absolute Gasteiger partial charge is 0.376 e. The van der Waals surface area contributed by atoms with E-state index in [4.69, 9.17) is 4.74 Å². The molecule has 0 amide bonds. The van der Waals surface area contributed by atoms with Crippen LogP contribution in [0.5, 0.6) is 0 Å². The standard InChI is InChI=1S/C17H25NO/c1-3-4-11-19-13-15-5-7-16(8-6-15)14(2)12-18-17-9-10-17/h3,5-8,14,17-18H,1,4,9-13H2,2H3. The van der Waals surface area contributed by atoms with Crippen molar-refractivity contribution in [2.75, 3.05) is 13.2 Å². The molecule has 1 aromatic rings. The molecule has 0 aromatic heterocycles. The molecular weight excluding hydrogens is 234 g/mol. The third-order valence-corrected chi connectivity index (χ3v) is 3.57. The van der Waals surface area contributed by atoms with Crippen molar-refractivity contribution in [2.45, 2.75) is 44.8 Å². The van der Waals surface area contributed by atoms with Gasteiger partial charge in [0.15, 0.2) is 0 Å². The maximum atomic E-state index is 5.56. The molecule has 1 unspecified atom stereocenters. The summed E-state index contributed by atoms with van der Waals surface area (Å²) in [6.45, 7) is 8.50. The maximum Gasteiger partial charge on any atom is 0.0717 e. The molecule has 0 heterocycles. The Balaban J connectivity index is 1.74. The predicted octanol–water partition coefficient (Wildman–Crippen LogP) is 3.63. The van der Waals surface area contributed by atoms with E-state index in [2.05, 4.69) is 43.1 Å². The third kappa shape index (κ3) is 5.17. The Kier molecular flexibility index (Phi) is 5.62. The molecule has 2 nitrogen and oxygen atoms in total. The van der Waals surface area contributed by atoms with Gasteiger partial charge in [-0.05, 0) is 36.3 Å². The second kappa shape index (κ2) is 7.46. The van der Waals surface area contributed by atoms with Crippen molar-refractivity contribution in [3.63, 3.8) is 0 Å². The topological polar surface area (TPSA) is 21.3 Å². The molecule has 1 saturated carbocycles. The summed E-state index contributed by atoms with van der Waals surface area (Å²) in [4.78, 5) is 0. The summed E-state index contributed by atoms with van der Waals surface area (Å²) in [5.74, 6) is 0.580. The second-order valence-corrected chi connectivity index (χ2v) is 5.46. The summed E-state index contributed by atoms with van der Waals surface area (Å²) >= 11 is 0. The Morgan fingerprint density at radius 3 is 2.74 bits per heavy atom. The molecule has 0 bridgehead atoms. The lowest BCUT2D eigenvalue weighted by Crippen LogP contribution is -2.21. The molecule has 19 heavy (non-hydrogen) atoms. The summed E-state index contributed by atoms with van der Waals surface area (Å²) in [5.41, 5.74) is 2.65. The van der Waals surface area contributed by atoms with Gasteiger partial charge in [-0.1, -0.05) is 37.3 Å². The van der Waals surface area contributed by atoms with Crippen LogP contribution in [-0.4, -0.2) is 19.2 Å². The van der Waals surface area contributed by atoms with Gasteiger partial charge in [0.2, 0.25) is 0 Å². The molecule has 1 aliphatic rings. The number of benzene rings is 1. The van der Waals surface area contributed by atoms with Gasteiger partial charge in [-0.15, -0.1) is 6.58 Å². The number of rotatable bonds is 9. The fraction of sp³-hybridized carbons (Fsp3) is 0.529. The van der Waals surface area contributed by atoms with E-state index in [1.807, 2.05) is 6.08 Å². The Morgan fingerprint density at radius 2 is 2.11 bits per heavy atom. The normalized spacial score (nSPS) is 16.3. The molecule has 104 valence electrons. The summed E-state index contributed by atoms with van der Waals surface area (Å²) in [5, 5.41) is 3.58. The molecule has 1 atom stereocenters. The van der Waals surface area contributed by atoms with Crippen LogP contribution in [0.4, 0.5) is 0 Å². The minimum atomic E-state index is 0.580. The van der Waals surface area contributed by atoms with E-state index in [9.17, 15) is 0 Å². The van der Waals surface area contributed by atoms with Crippen LogP contribution in [0.1, 0.15) is 43.2 Å². The molecule has 1 fully saturated rings. The molecule has 0 spiro atoms. The van der Waals surface area contributed by atoms with E-state index in [0.717, 1.165) is 25.6 Å². The Bertz CT molecular complexity index is 381.